The first-order valence-corrected chi connectivity index (χ1v) is 12.1. The van der Waals surface area contributed by atoms with E-state index < -0.39 is 11.9 Å². The second-order valence-electron chi connectivity index (χ2n) is 8.21. The highest BCUT2D eigenvalue weighted by Gasteiger charge is 2.30. The van der Waals surface area contributed by atoms with Crippen LogP contribution in [0.1, 0.15) is 17.5 Å². The van der Waals surface area contributed by atoms with E-state index in [4.69, 9.17) is 21.1 Å². The molecule has 3 rings (SSSR count). The summed E-state index contributed by atoms with van der Waals surface area (Å²) in [5, 5.41) is 3.30. The summed E-state index contributed by atoms with van der Waals surface area (Å²) < 4.78 is 24.3. The lowest BCUT2D eigenvalue weighted by Crippen LogP contribution is -2.52. The number of ether oxygens (including phenoxy) is 2. The number of carbonyl (C=O) groups excluding carboxylic acids is 2. The van der Waals surface area contributed by atoms with Gasteiger partial charge in [0.05, 0.1) is 5.02 Å². The van der Waals surface area contributed by atoms with Crippen molar-refractivity contribution >= 4 is 23.4 Å². The molecule has 36 heavy (non-hydrogen) atoms. The van der Waals surface area contributed by atoms with Gasteiger partial charge in [-0.3, -0.25) is 9.59 Å². The van der Waals surface area contributed by atoms with E-state index in [1.165, 1.54) is 17.0 Å². The molecule has 0 aromatic heterocycles. The number of rotatable bonds is 13. The van der Waals surface area contributed by atoms with Crippen LogP contribution in [0.25, 0.3) is 0 Å². The fourth-order valence-electron chi connectivity index (χ4n) is 3.67. The number of halogens is 2. The van der Waals surface area contributed by atoms with E-state index in [1.54, 1.807) is 43.5 Å². The van der Waals surface area contributed by atoms with Crippen molar-refractivity contribution in [2.75, 3.05) is 26.9 Å². The molecule has 0 bridgehead atoms. The summed E-state index contributed by atoms with van der Waals surface area (Å²) in [6, 6.07) is 21.4. The Morgan fingerprint density at radius 3 is 2.36 bits per heavy atom. The van der Waals surface area contributed by atoms with E-state index in [1.807, 2.05) is 30.3 Å². The van der Waals surface area contributed by atoms with Gasteiger partial charge >= 0.3 is 0 Å². The Hall–Kier alpha value is -3.42. The molecule has 0 saturated carbocycles. The summed E-state index contributed by atoms with van der Waals surface area (Å²) >= 11 is 6.18. The van der Waals surface area contributed by atoms with E-state index in [0.717, 1.165) is 5.56 Å². The molecule has 0 unspecified atom stereocenters. The molecule has 1 atom stereocenters. The average molecular weight is 513 g/mol. The Kier molecular flexibility index (Phi) is 10.7. The predicted octanol–water partition coefficient (Wildman–Crippen LogP) is 4.65. The number of para-hydroxylation sites is 1. The van der Waals surface area contributed by atoms with Gasteiger partial charge in [-0.05, 0) is 41.8 Å². The van der Waals surface area contributed by atoms with Crippen LogP contribution in [0.4, 0.5) is 4.39 Å². The summed E-state index contributed by atoms with van der Waals surface area (Å²) in [6.07, 6.45) is 0.942. The summed E-state index contributed by atoms with van der Waals surface area (Å²) in [4.78, 5) is 28.3. The zero-order valence-corrected chi connectivity index (χ0v) is 20.9. The minimum atomic E-state index is -0.817. The van der Waals surface area contributed by atoms with E-state index in [-0.39, 0.29) is 24.9 Å². The van der Waals surface area contributed by atoms with Crippen molar-refractivity contribution < 1.29 is 23.5 Å². The van der Waals surface area contributed by atoms with Crippen LogP contribution in [-0.2, 0) is 27.3 Å². The van der Waals surface area contributed by atoms with Gasteiger partial charge in [-0.2, -0.15) is 0 Å². The lowest BCUT2D eigenvalue weighted by atomic mass is 10.0. The molecule has 0 spiro atoms. The molecule has 0 radical (unpaired) electrons. The molecule has 190 valence electrons. The normalized spacial score (nSPS) is 11.5. The Balaban J connectivity index is 1.87. The van der Waals surface area contributed by atoms with Crippen LogP contribution in [-0.4, -0.2) is 49.6 Å². The van der Waals surface area contributed by atoms with Gasteiger partial charge in [-0.1, -0.05) is 66.2 Å². The van der Waals surface area contributed by atoms with Crippen molar-refractivity contribution in [2.45, 2.75) is 25.4 Å². The standard InChI is InChI=1S/C28H30ClFN2O4/c1-35-17-7-16-31-28(34)25(18-21-8-3-2-4-9-21)32(19-22-12-14-23(30)15-13-22)27(33)20-36-26-11-6-5-10-24(26)29/h2-6,8-15,25H,7,16-20H2,1H3,(H,31,34)/t25-/m1/s1. The molecule has 3 aromatic carbocycles. The number of amides is 2. The first kappa shape index (κ1) is 27.2. The monoisotopic (exact) mass is 512 g/mol. The lowest BCUT2D eigenvalue weighted by Gasteiger charge is -2.31. The topological polar surface area (TPSA) is 67.9 Å². The van der Waals surface area contributed by atoms with E-state index in [0.29, 0.717) is 42.3 Å². The molecule has 6 nitrogen and oxygen atoms in total. The van der Waals surface area contributed by atoms with Crippen LogP contribution in [0.3, 0.4) is 0 Å². The minimum absolute atomic E-state index is 0.105. The predicted molar refractivity (Wildman–Crippen MR) is 137 cm³/mol. The molecule has 0 heterocycles. The molecule has 8 heteroatoms. The zero-order valence-electron chi connectivity index (χ0n) is 20.2. The average Bonchev–Trinajstić information content (AvgIpc) is 2.89. The molecule has 0 saturated heterocycles. The Morgan fingerprint density at radius 2 is 1.67 bits per heavy atom. The van der Waals surface area contributed by atoms with Gasteiger partial charge in [0, 0.05) is 33.2 Å². The number of benzene rings is 3. The maximum atomic E-state index is 13.5. The number of carbonyl (C=O) groups is 2. The number of hydrogen-bond donors (Lipinski definition) is 1. The van der Waals surface area contributed by atoms with Crippen molar-refractivity contribution in [2.24, 2.45) is 0 Å². The number of nitrogens with one attached hydrogen (secondary N) is 1. The third kappa shape index (κ3) is 8.36. The van der Waals surface area contributed by atoms with Gasteiger partial charge in [-0.25, -0.2) is 4.39 Å². The number of methoxy groups -OCH3 is 1. The maximum Gasteiger partial charge on any atom is 0.261 e. The second kappa shape index (κ2) is 14.2. The van der Waals surface area contributed by atoms with Crippen molar-refractivity contribution in [1.82, 2.24) is 10.2 Å². The van der Waals surface area contributed by atoms with E-state index in [9.17, 15) is 14.0 Å². The molecule has 2 amide bonds. The van der Waals surface area contributed by atoms with Crippen LogP contribution in [0.15, 0.2) is 78.9 Å². The molecule has 0 aliphatic carbocycles. The largest absolute Gasteiger partial charge is 0.482 e. The highest BCUT2D eigenvalue weighted by atomic mass is 35.5. The maximum absolute atomic E-state index is 13.5. The Bertz CT molecular complexity index is 1110. The SMILES string of the molecule is COCCCNC(=O)[C@@H](Cc1ccccc1)N(Cc1ccc(F)cc1)C(=O)COc1ccccc1Cl. The number of nitrogens with zero attached hydrogens (tertiary/aromatic N) is 1. The molecule has 0 aliphatic rings. The summed E-state index contributed by atoms with van der Waals surface area (Å²) in [7, 11) is 1.60. The molecule has 0 aliphatic heterocycles. The molecular weight excluding hydrogens is 483 g/mol. The summed E-state index contributed by atoms with van der Waals surface area (Å²) in [5.41, 5.74) is 1.59. The van der Waals surface area contributed by atoms with Gasteiger partial charge in [-0.15, -0.1) is 0 Å². The van der Waals surface area contributed by atoms with Crippen LogP contribution in [0.2, 0.25) is 5.02 Å². The Labute approximate surface area is 216 Å². The first-order chi connectivity index (χ1) is 17.5. The molecule has 0 fully saturated rings. The summed E-state index contributed by atoms with van der Waals surface area (Å²) in [6.45, 7) is 0.710. The van der Waals surface area contributed by atoms with Crippen molar-refractivity contribution in [1.29, 1.82) is 0 Å². The Morgan fingerprint density at radius 1 is 0.972 bits per heavy atom. The van der Waals surface area contributed by atoms with Crippen molar-refractivity contribution in [3.05, 3.63) is 101 Å². The third-order valence-electron chi connectivity index (χ3n) is 5.55. The zero-order chi connectivity index (χ0) is 25.8. The van der Waals surface area contributed by atoms with E-state index >= 15 is 0 Å². The van der Waals surface area contributed by atoms with Crippen molar-refractivity contribution in [3.8, 4) is 5.75 Å². The van der Waals surface area contributed by atoms with Gasteiger partial charge in [0.15, 0.2) is 6.61 Å². The van der Waals surface area contributed by atoms with Crippen LogP contribution < -0.4 is 10.1 Å². The van der Waals surface area contributed by atoms with Gasteiger partial charge in [0.25, 0.3) is 5.91 Å². The van der Waals surface area contributed by atoms with Crippen LogP contribution in [0.5, 0.6) is 5.75 Å². The molecular formula is C28H30ClFN2O4. The quantitative estimate of drug-likeness (QED) is 0.338. The van der Waals surface area contributed by atoms with E-state index in [2.05, 4.69) is 5.32 Å². The fraction of sp³-hybridized carbons (Fsp3) is 0.286. The second-order valence-corrected chi connectivity index (χ2v) is 8.62. The highest BCUT2D eigenvalue weighted by molar-refractivity contribution is 6.32. The smallest absolute Gasteiger partial charge is 0.261 e. The summed E-state index contributed by atoms with van der Waals surface area (Å²) in [5.74, 6) is -0.691. The molecule has 3 aromatic rings. The van der Waals surface area contributed by atoms with Crippen LogP contribution in [0, 0.1) is 5.82 Å². The minimum Gasteiger partial charge on any atom is -0.482 e. The first-order valence-electron chi connectivity index (χ1n) is 11.7. The lowest BCUT2D eigenvalue weighted by molar-refractivity contribution is -0.142. The highest BCUT2D eigenvalue weighted by Crippen LogP contribution is 2.23. The third-order valence-corrected chi connectivity index (χ3v) is 5.86. The fourth-order valence-corrected chi connectivity index (χ4v) is 3.86. The van der Waals surface area contributed by atoms with Gasteiger partial charge in [0.2, 0.25) is 5.91 Å². The number of hydrogen-bond acceptors (Lipinski definition) is 4. The van der Waals surface area contributed by atoms with Gasteiger partial charge < -0.3 is 19.7 Å². The van der Waals surface area contributed by atoms with Gasteiger partial charge in [0.1, 0.15) is 17.6 Å². The van der Waals surface area contributed by atoms with Crippen LogP contribution >= 0.6 is 11.6 Å². The van der Waals surface area contributed by atoms with Crippen molar-refractivity contribution in [3.63, 3.8) is 0 Å². The molecule has 1 N–H and O–H groups in total.